The van der Waals surface area contributed by atoms with Gasteiger partial charge in [-0.2, -0.15) is 0 Å². The summed E-state index contributed by atoms with van der Waals surface area (Å²) >= 11 is 0. The average molecular weight is 235 g/mol. The van der Waals surface area contributed by atoms with Crippen molar-refractivity contribution in [3.63, 3.8) is 0 Å². The molecule has 5 N–H and O–H groups in total. The van der Waals surface area contributed by atoms with E-state index in [0.29, 0.717) is 29.9 Å². The fourth-order valence-electron chi connectivity index (χ4n) is 1.77. The zero-order valence-electron chi connectivity index (χ0n) is 9.12. The number of anilines is 3. The normalized spacial score (nSPS) is 13.8. The van der Waals surface area contributed by atoms with Crippen molar-refractivity contribution in [3.05, 3.63) is 17.7 Å². The predicted molar refractivity (Wildman–Crippen MR) is 63.9 cm³/mol. The lowest BCUT2D eigenvalue weighted by molar-refractivity contribution is -0.135. The summed E-state index contributed by atoms with van der Waals surface area (Å²) in [5.41, 5.74) is 8.48. The van der Waals surface area contributed by atoms with Crippen LogP contribution < -0.4 is 16.4 Å². The fraction of sp³-hybridized carbons (Fsp3) is 0.273. The standard InChI is InChI=1S/C11H13N3O3/c12-7-3-6-1-2-10(15)14-8(6)4-9(7)13-5-11(16)17/h3-4,13H,1-2,5,12H2,(H,14,15)(H,16,17). The summed E-state index contributed by atoms with van der Waals surface area (Å²) in [4.78, 5) is 21.7. The smallest absolute Gasteiger partial charge is 0.322 e. The van der Waals surface area contributed by atoms with E-state index >= 15 is 0 Å². The molecule has 0 unspecified atom stereocenters. The maximum Gasteiger partial charge on any atom is 0.322 e. The van der Waals surface area contributed by atoms with E-state index < -0.39 is 5.97 Å². The molecule has 0 bridgehead atoms. The van der Waals surface area contributed by atoms with E-state index in [0.717, 1.165) is 5.56 Å². The zero-order chi connectivity index (χ0) is 12.4. The number of hydrogen-bond acceptors (Lipinski definition) is 4. The Balaban J connectivity index is 2.25. The molecule has 0 saturated heterocycles. The molecule has 0 radical (unpaired) electrons. The Bertz CT molecular complexity index is 485. The second-order valence-electron chi connectivity index (χ2n) is 3.89. The van der Waals surface area contributed by atoms with Crippen molar-refractivity contribution < 1.29 is 14.7 Å². The second-order valence-corrected chi connectivity index (χ2v) is 3.89. The quantitative estimate of drug-likeness (QED) is 0.576. The van der Waals surface area contributed by atoms with Gasteiger partial charge in [0, 0.05) is 12.1 Å². The molecule has 6 heteroatoms. The highest BCUT2D eigenvalue weighted by Gasteiger charge is 2.16. The third kappa shape index (κ3) is 2.47. The Morgan fingerprint density at radius 2 is 2.24 bits per heavy atom. The van der Waals surface area contributed by atoms with Gasteiger partial charge in [0.25, 0.3) is 0 Å². The molecule has 1 amide bonds. The Kier molecular flexibility index (Phi) is 2.86. The van der Waals surface area contributed by atoms with E-state index in [9.17, 15) is 9.59 Å². The lowest BCUT2D eigenvalue weighted by Gasteiger charge is -2.19. The molecular weight excluding hydrogens is 222 g/mol. The first kappa shape index (κ1) is 11.3. The van der Waals surface area contributed by atoms with Crippen LogP contribution in [0.25, 0.3) is 0 Å². The van der Waals surface area contributed by atoms with Gasteiger partial charge >= 0.3 is 5.97 Å². The Hall–Kier alpha value is -2.24. The van der Waals surface area contributed by atoms with Crippen molar-refractivity contribution in [1.82, 2.24) is 0 Å². The number of aryl methyl sites for hydroxylation is 1. The van der Waals surface area contributed by atoms with Gasteiger partial charge < -0.3 is 21.5 Å². The van der Waals surface area contributed by atoms with Crippen LogP contribution in [0.15, 0.2) is 12.1 Å². The number of amides is 1. The van der Waals surface area contributed by atoms with Crippen LogP contribution >= 0.6 is 0 Å². The number of fused-ring (bicyclic) bond motifs is 1. The molecule has 0 spiro atoms. The molecular formula is C11H13N3O3. The van der Waals surface area contributed by atoms with Crippen molar-refractivity contribution in [3.8, 4) is 0 Å². The first-order valence-electron chi connectivity index (χ1n) is 5.24. The van der Waals surface area contributed by atoms with E-state index in [2.05, 4.69) is 10.6 Å². The Morgan fingerprint density at radius 1 is 1.47 bits per heavy atom. The minimum atomic E-state index is -0.967. The molecule has 0 aromatic heterocycles. The van der Waals surface area contributed by atoms with Crippen LogP contribution in [0, 0.1) is 0 Å². The van der Waals surface area contributed by atoms with E-state index in [1.54, 1.807) is 12.1 Å². The number of nitrogens with one attached hydrogen (secondary N) is 2. The van der Waals surface area contributed by atoms with Crippen molar-refractivity contribution in [2.75, 3.05) is 22.9 Å². The Labute approximate surface area is 97.8 Å². The van der Waals surface area contributed by atoms with Crippen LogP contribution in [0.2, 0.25) is 0 Å². The van der Waals surface area contributed by atoms with Gasteiger partial charge in [0.1, 0.15) is 6.54 Å². The van der Waals surface area contributed by atoms with Crippen molar-refractivity contribution >= 4 is 28.9 Å². The molecule has 0 saturated carbocycles. The molecule has 2 rings (SSSR count). The summed E-state index contributed by atoms with van der Waals surface area (Å²) in [6.07, 6.45) is 1.11. The van der Waals surface area contributed by atoms with Gasteiger partial charge in [-0.3, -0.25) is 9.59 Å². The summed E-state index contributed by atoms with van der Waals surface area (Å²) in [5.74, 6) is -1.00. The van der Waals surface area contributed by atoms with Gasteiger partial charge in [-0.15, -0.1) is 0 Å². The third-order valence-electron chi connectivity index (χ3n) is 2.60. The van der Waals surface area contributed by atoms with E-state index in [1.165, 1.54) is 0 Å². The van der Waals surface area contributed by atoms with Gasteiger partial charge in [-0.25, -0.2) is 0 Å². The summed E-state index contributed by atoms with van der Waals surface area (Å²) in [6.45, 7) is -0.211. The fourth-order valence-corrected chi connectivity index (χ4v) is 1.77. The molecule has 6 nitrogen and oxygen atoms in total. The molecule has 0 aliphatic carbocycles. The lowest BCUT2D eigenvalue weighted by Crippen LogP contribution is -2.20. The van der Waals surface area contributed by atoms with E-state index in [1.807, 2.05) is 0 Å². The van der Waals surface area contributed by atoms with Crippen molar-refractivity contribution in [2.45, 2.75) is 12.8 Å². The number of carboxylic acid groups (broad SMARTS) is 1. The van der Waals surface area contributed by atoms with Crippen LogP contribution in [0.4, 0.5) is 17.1 Å². The average Bonchev–Trinajstić information content (AvgIpc) is 2.26. The molecule has 0 atom stereocenters. The highest BCUT2D eigenvalue weighted by molar-refractivity contribution is 5.95. The minimum Gasteiger partial charge on any atom is -0.480 e. The number of nitrogens with two attached hydrogens (primary N) is 1. The van der Waals surface area contributed by atoms with E-state index in [-0.39, 0.29) is 12.5 Å². The molecule has 1 aromatic rings. The number of nitrogen functional groups attached to an aromatic ring is 1. The number of carbonyl (C=O) groups is 2. The number of carbonyl (C=O) groups excluding carboxylic acids is 1. The summed E-state index contributed by atoms with van der Waals surface area (Å²) in [5, 5.41) is 14.0. The third-order valence-corrected chi connectivity index (χ3v) is 2.60. The van der Waals surface area contributed by atoms with Crippen LogP contribution in [0.1, 0.15) is 12.0 Å². The number of rotatable bonds is 3. The van der Waals surface area contributed by atoms with Gasteiger partial charge in [0.2, 0.25) is 5.91 Å². The second kappa shape index (κ2) is 4.32. The molecule has 1 aliphatic heterocycles. The topological polar surface area (TPSA) is 104 Å². The van der Waals surface area contributed by atoms with Gasteiger partial charge in [-0.1, -0.05) is 0 Å². The number of benzene rings is 1. The van der Waals surface area contributed by atoms with Crippen LogP contribution in [0.3, 0.4) is 0 Å². The van der Waals surface area contributed by atoms with Crippen LogP contribution in [0.5, 0.6) is 0 Å². The molecule has 17 heavy (non-hydrogen) atoms. The summed E-state index contributed by atoms with van der Waals surface area (Å²) in [6, 6.07) is 3.43. The van der Waals surface area contributed by atoms with Gasteiger partial charge in [0.05, 0.1) is 11.4 Å². The van der Waals surface area contributed by atoms with Crippen molar-refractivity contribution in [1.29, 1.82) is 0 Å². The molecule has 1 aliphatic rings. The largest absolute Gasteiger partial charge is 0.480 e. The number of aliphatic carboxylic acids is 1. The summed E-state index contributed by atoms with van der Waals surface area (Å²) in [7, 11) is 0. The van der Waals surface area contributed by atoms with Gasteiger partial charge in [-0.05, 0) is 24.1 Å². The van der Waals surface area contributed by atoms with Gasteiger partial charge in [0.15, 0.2) is 0 Å². The first-order chi connectivity index (χ1) is 8.06. The SMILES string of the molecule is Nc1cc2c(cc1NCC(=O)O)NC(=O)CC2. The lowest BCUT2D eigenvalue weighted by atomic mass is 10.0. The number of carboxylic acids is 1. The monoisotopic (exact) mass is 235 g/mol. The predicted octanol–water partition coefficient (Wildman–Crippen LogP) is 0.650. The first-order valence-corrected chi connectivity index (χ1v) is 5.24. The van der Waals surface area contributed by atoms with Crippen LogP contribution in [-0.4, -0.2) is 23.5 Å². The molecule has 1 aromatic carbocycles. The molecule has 1 heterocycles. The minimum absolute atomic E-state index is 0.0357. The highest BCUT2D eigenvalue weighted by atomic mass is 16.4. The van der Waals surface area contributed by atoms with E-state index in [4.69, 9.17) is 10.8 Å². The summed E-state index contributed by atoms with van der Waals surface area (Å²) < 4.78 is 0. The van der Waals surface area contributed by atoms with Crippen LogP contribution in [-0.2, 0) is 16.0 Å². The number of hydrogen-bond donors (Lipinski definition) is 4. The van der Waals surface area contributed by atoms with Crippen molar-refractivity contribution in [2.24, 2.45) is 0 Å². The molecule has 90 valence electrons. The highest BCUT2D eigenvalue weighted by Crippen LogP contribution is 2.30. The maximum atomic E-state index is 11.2. The zero-order valence-corrected chi connectivity index (χ0v) is 9.12. The Morgan fingerprint density at radius 3 is 2.94 bits per heavy atom. The maximum absolute atomic E-state index is 11.2. The molecule has 0 fully saturated rings.